The summed E-state index contributed by atoms with van der Waals surface area (Å²) >= 11 is 0. The van der Waals surface area contributed by atoms with Crippen LogP contribution in [0.5, 0.6) is 11.5 Å². The Morgan fingerprint density at radius 2 is 1.65 bits per heavy atom. The lowest BCUT2D eigenvalue weighted by Crippen LogP contribution is -2.22. The topological polar surface area (TPSA) is 59.6 Å². The van der Waals surface area contributed by atoms with E-state index in [1.54, 1.807) is 26.4 Å². The van der Waals surface area contributed by atoms with Gasteiger partial charge in [-0.25, -0.2) is 0 Å². The maximum atomic E-state index is 12.1. The summed E-state index contributed by atoms with van der Waals surface area (Å²) in [5.74, 6) is 1.17. The molecule has 0 fully saturated rings. The van der Waals surface area contributed by atoms with Crippen molar-refractivity contribution in [2.75, 3.05) is 31.4 Å². The van der Waals surface area contributed by atoms with Gasteiger partial charge in [-0.3, -0.25) is 4.79 Å². The predicted molar refractivity (Wildman–Crippen MR) is 92.6 cm³/mol. The van der Waals surface area contributed by atoms with E-state index in [4.69, 9.17) is 9.47 Å². The van der Waals surface area contributed by atoms with Crippen LogP contribution in [0, 0.1) is 13.8 Å². The number of carbonyl (C=O) groups is 1. The average molecular weight is 314 g/mol. The van der Waals surface area contributed by atoms with Gasteiger partial charge in [-0.15, -0.1) is 0 Å². The molecule has 2 N–H and O–H groups in total. The molecule has 0 heterocycles. The van der Waals surface area contributed by atoms with Gasteiger partial charge in [0.05, 0.1) is 20.8 Å². The van der Waals surface area contributed by atoms with Crippen molar-refractivity contribution in [3.05, 3.63) is 47.5 Å². The number of nitrogens with one attached hydrogen (secondary N) is 2. The number of rotatable bonds is 6. The van der Waals surface area contributed by atoms with Crippen LogP contribution in [-0.4, -0.2) is 26.7 Å². The van der Waals surface area contributed by atoms with E-state index < -0.39 is 0 Å². The average Bonchev–Trinajstić information content (AvgIpc) is 2.56. The molecule has 0 aliphatic heterocycles. The molecule has 5 heteroatoms. The summed E-state index contributed by atoms with van der Waals surface area (Å²) < 4.78 is 10.4. The molecule has 0 aromatic heterocycles. The molecule has 0 unspecified atom stereocenters. The highest BCUT2D eigenvalue weighted by Crippen LogP contribution is 2.29. The number of ether oxygens (including phenoxy) is 2. The second-order valence-corrected chi connectivity index (χ2v) is 5.24. The first kappa shape index (κ1) is 16.7. The SMILES string of the molecule is COc1ccc(NCC(=O)Nc2c(C)cccc2C)cc1OC. The van der Waals surface area contributed by atoms with Gasteiger partial charge in [0, 0.05) is 17.4 Å². The van der Waals surface area contributed by atoms with Gasteiger partial charge in [0.25, 0.3) is 0 Å². The molecule has 2 aromatic carbocycles. The van der Waals surface area contributed by atoms with E-state index >= 15 is 0 Å². The van der Waals surface area contributed by atoms with Crippen LogP contribution in [0.4, 0.5) is 11.4 Å². The molecule has 5 nitrogen and oxygen atoms in total. The Kier molecular flexibility index (Phi) is 5.46. The first-order chi connectivity index (χ1) is 11.0. The highest BCUT2D eigenvalue weighted by Gasteiger charge is 2.08. The van der Waals surface area contributed by atoms with Gasteiger partial charge >= 0.3 is 0 Å². The molecule has 0 atom stereocenters. The monoisotopic (exact) mass is 314 g/mol. The van der Waals surface area contributed by atoms with Crippen LogP contribution in [0.3, 0.4) is 0 Å². The third kappa shape index (κ3) is 4.16. The van der Waals surface area contributed by atoms with Crippen LogP contribution < -0.4 is 20.1 Å². The summed E-state index contributed by atoms with van der Waals surface area (Å²) in [5, 5.41) is 6.02. The molecule has 0 saturated heterocycles. The number of carbonyl (C=O) groups excluding carboxylic acids is 1. The second-order valence-electron chi connectivity index (χ2n) is 5.24. The summed E-state index contributed by atoms with van der Waals surface area (Å²) in [4.78, 5) is 12.1. The number of para-hydroxylation sites is 1. The van der Waals surface area contributed by atoms with Gasteiger partial charge < -0.3 is 20.1 Å². The van der Waals surface area contributed by atoms with Crippen LogP contribution in [0.15, 0.2) is 36.4 Å². The Balaban J connectivity index is 1.99. The minimum Gasteiger partial charge on any atom is -0.493 e. The molecule has 0 bridgehead atoms. The largest absolute Gasteiger partial charge is 0.493 e. The molecule has 1 amide bonds. The van der Waals surface area contributed by atoms with Crippen LogP contribution in [0.1, 0.15) is 11.1 Å². The van der Waals surface area contributed by atoms with Crippen LogP contribution in [-0.2, 0) is 4.79 Å². The van der Waals surface area contributed by atoms with Gasteiger partial charge in [-0.05, 0) is 37.1 Å². The quantitative estimate of drug-likeness (QED) is 0.858. The summed E-state index contributed by atoms with van der Waals surface area (Å²) in [7, 11) is 3.16. The molecule has 122 valence electrons. The van der Waals surface area contributed by atoms with Crippen molar-refractivity contribution in [2.24, 2.45) is 0 Å². The smallest absolute Gasteiger partial charge is 0.243 e. The van der Waals surface area contributed by atoms with E-state index in [-0.39, 0.29) is 12.5 Å². The van der Waals surface area contributed by atoms with Crippen molar-refractivity contribution in [3.63, 3.8) is 0 Å². The number of benzene rings is 2. The van der Waals surface area contributed by atoms with Gasteiger partial charge in [-0.2, -0.15) is 0 Å². The fourth-order valence-corrected chi connectivity index (χ4v) is 2.32. The number of hydrogen-bond acceptors (Lipinski definition) is 4. The fraction of sp³-hybridized carbons (Fsp3) is 0.278. The van der Waals surface area contributed by atoms with Crippen molar-refractivity contribution in [2.45, 2.75) is 13.8 Å². The zero-order valence-corrected chi connectivity index (χ0v) is 13.9. The third-order valence-corrected chi connectivity index (χ3v) is 3.58. The third-order valence-electron chi connectivity index (χ3n) is 3.58. The highest BCUT2D eigenvalue weighted by atomic mass is 16.5. The molecule has 0 radical (unpaired) electrons. The highest BCUT2D eigenvalue weighted by molar-refractivity contribution is 5.95. The second kappa shape index (κ2) is 7.54. The van der Waals surface area contributed by atoms with E-state index in [1.807, 2.05) is 38.1 Å². The van der Waals surface area contributed by atoms with Crippen molar-refractivity contribution in [3.8, 4) is 11.5 Å². The maximum Gasteiger partial charge on any atom is 0.243 e. The summed E-state index contributed by atoms with van der Waals surface area (Å²) in [5.41, 5.74) is 3.75. The molecule has 23 heavy (non-hydrogen) atoms. The van der Waals surface area contributed by atoms with Crippen molar-refractivity contribution in [1.29, 1.82) is 0 Å². The molecule has 0 aliphatic rings. The Morgan fingerprint density at radius 3 is 2.26 bits per heavy atom. The standard InChI is InChI=1S/C18H22N2O3/c1-12-6-5-7-13(2)18(12)20-17(21)11-19-14-8-9-15(22-3)16(10-14)23-4/h5-10,19H,11H2,1-4H3,(H,20,21). The van der Waals surface area contributed by atoms with Crippen LogP contribution in [0.2, 0.25) is 0 Å². The molecule has 0 saturated carbocycles. The van der Waals surface area contributed by atoms with Gasteiger partial charge in [0.2, 0.25) is 5.91 Å². The lowest BCUT2D eigenvalue weighted by Gasteiger charge is -2.13. The van der Waals surface area contributed by atoms with Crippen molar-refractivity contribution < 1.29 is 14.3 Å². The van der Waals surface area contributed by atoms with E-state index in [2.05, 4.69) is 10.6 Å². The molecular formula is C18H22N2O3. The molecular weight excluding hydrogens is 292 g/mol. The lowest BCUT2D eigenvalue weighted by molar-refractivity contribution is -0.114. The van der Waals surface area contributed by atoms with Crippen LogP contribution >= 0.6 is 0 Å². The van der Waals surface area contributed by atoms with Crippen molar-refractivity contribution >= 4 is 17.3 Å². The minimum absolute atomic E-state index is 0.0998. The number of anilines is 2. The summed E-state index contributed by atoms with van der Waals surface area (Å²) in [6, 6.07) is 11.4. The first-order valence-electron chi connectivity index (χ1n) is 7.37. The van der Waals surface area contributed by atoms with Gasteiger partial charge in [0.1, 0.15) is 0 Å². The number of hydrogen-bond donors (Lipinski definition) is 2. The van der Waals surface area contributed by atoms with Gasteiger partial charge in [0.15, 0.2) is 11.5 Å². The lowest BCUT2D eigenvalue weighted by atomic mass is 10.1. The zero-order chi connectivity index (χ0) is 16.8. The maximum absolute atomic E-state index is 12.1. The van der Waals surface area contributed by atoms with Crippen molar-refractivity contribution in [1.82, 2.24) is 0 Å². The van der Waals surface area contributed by atoms with E-state index in [9.17, 15) is 4.79 Å². The zero-order valence-electron chi connectivity index (χ0n) is 13.9. The predicted octanol–water partition coefficient (Wildman–Crippen LogP) is 3.37. The van der Waals surface area contributed by atoms with E-state index in [0.717, 1.165) is 22.5 Å². The van der Waals surface area contributed by atoms with Gasteiger partial charge in [-0.1, -0.05) is 18.2 Å². The number of methoxy groups -OCH3 is 2. The molecule has 2 aromatic rings. The first-order valence-corrected chi connectivity index (χ1v) is 7.37. The Hall–Kier alpha value is -2.69. The van der Waals surface area contributed by atoms with E-state index in [1.165, 1.54) is 0 Å². The minimum atomic E-state index is -0.0998. The molecule has 0 aliphatic carbocycles. The Bertz CT molecular complexity index is 678. The summed E-state index contributed by atoms with van der Waals surface area (Å²) in [6.45, 7) is 4.12. The Morgan fingerprint density at radius 1 is 1.00 bits per heavy atom. The summed E-state index contributed by atoms with van der Waals surface area (Å²) in [6.07, 6.45) is 0. The molecule has 0 spiro atoms. The van der Waals surface area contributed by atoms with E-state index in [0.29, 0.717) is 11.5 Å². The number of amides is 1. The normalized spacial score (nSPS) is 10.1. The fourth-order valence-electron chi connectivity index (χ4n) is 2.32. The van der Waals surface area contributed by atoms with Crippen LogP contribution in [0.25, 0.3) is 0 Å². The Labute approximate surface area is 136 Å². The number of aryl methyl sites for hydroxylation is 2. The molecule has 2 rings (SSSR count).